The molecule has 0 heterocycles. The van der Waals surface area contributed by atoms with Crippen molar-refractivity contribution < 1.29 is 13.5 Å². The van der Waals surface area contributed by atoms with Gasteiger partial charge in [-0.1, -0.05) is 39.0 Å². The number of hydrogen-bond acceptors (Lipinski definition) is 3. The fourth-order valence-electron chi connectivity index (χ4n) is 1.84. The zero-order valence-electron chi connectivity index (χ0n) is 12.3. The van der Waals surface area contributed by atoms with E-state index in [0.717, 1.165) is 5.56 Å². The van der Waals surface area contributed by atoms with Crippen molar-refractivity contribution in [2.75, 3.05) is 19.7 Å². The summed E-state index contributed by atoms with van der Waals surface area (Å²) in [5.41, 5.74) is 1.06. The van der Waals surface area contributed by atoms with Crippen molar-refractivity contribution in [2.24, 2.45) is 0 Å². The summed E-state index contributed by atoms with van der Waals surface area (Å²) in [6, 6.07) is 6.89. The summed E-state index contributed by atoms with van der Waals surface area (Å²) in [6.07, 6.45) is 1.51. The van der Waals surface area contributed by atoms with Crippen molar-refractivity contribution in [2.45, 2.75) is 31.1 Å². The van der Waals surface area contributed by atoms with Crippen LogP contribution in [-0.2, 0) is 15.4 Å². The minimum atomic E-state index is -3.59. The van der Waals surface area contributed by atoms with Gasteiger partial charge in [0.05, 0.1) is 11.5 Å². The summed E-state index contributed by atoms with van der Waals surface area (Å²) in [7, 11) is -3.59. The van der Waals surface area contributed by atoms with Crippen LogP contribution in [0.3, 0.4) is 0 Å². The highest BCUT2D eigenvalue weighted by molar-refractivity contribution is 7.89. The van der Waals surface area contributed by atoms with Crippen LogP contribution in [-0.4, -0.2) is 37.5 Å². The molecule has 1 aromatic carbocycles. The number of nitrogens with zero attached hydrogens (tertiary/aromatic N) is 1. The SMILES string of the molecule is C=CCN(CCO)S(=O)(=O)c1ccc(C(C)(C)C)cc1. The first-order valence-electron chi connectivity index (χ1n) is 6.56. The fourth-order valence-corrected chi connectivity index (χ4v) is 3.24. The van der Waals surface area contributed by atoms with Gasteiger partial charge in [0.25, 0.3) is 0 Å². The van der Waals surface area contributed by atoms with Crippen molar-refractivity contribution in [1.82, 2.24) is 4.31 Å². The van der Waals surface area contributed by atoms with Gasteiger partial charge in [-0.3, -0.25) is 0 Å². The van der Waals surface area contributed by atoms with E-state index in [1.54, 1.807) is 12.1 Å². The third kappa shape index (κ3) is 3.91. The normalized spacial score (nSPS) is 12.7. The number of rotatable bonds is 6. The first kappa shape index (κ1) is 16.9. The standard InChI is InChI=1S/C15H23NO3S/c1-5-10-16(11-12-17)20(18,19)14-8-6-13(7-9-14)15(2,3)4/h5-9,17H,1,10-12H2,2-4H3. The third-order valence-electron chi connectivity index (χ3n) is 3.04. The van der Waals surface area contributed by atoms with Gasteiger partial charge in [-0.05, 0) is 23.1 Å². The van der Waals surface area contributed by atoms with E-state index in [1.165, 1.54) is 10.4 Å². The molecule has 0 amide bonds. The number of aliphatic hydroxyl groups is 1. The van der Waals surface area contributed by atoms with Crippen LogP contribution < -0.4 is 0 Å². The molecule has 1 aromatic rings. The highest BCUT2D eigenvalue weighted by atomic mass is 32.2. The van der Waals surface area contributed by atoms with Crippen molar-refractivity contribution in [3.05, 3.63) is 42.5 Å². The minimum absolute atomic E-state index is 0.0196. The summed E-state index contributed by atoms with van der Waals surface area (Å²) in [5, 5.41) is 8.98. The molecular weight excluding hydrogens is 274 g/mol. The molecule has 0 aromatic heterocycles. The van der Waals surface area contributed by atoms with E-state index >= 15 is 0 Å². The maximum absolute atomic E-state index is 12.4. The van der Waals surface area contributed by atoms with Gasteiger partial charge in [0.2, 0.25) is 10.0 Å². The Balaban J connectivity index is 3.11. The average Bonchev–Trinajstić information content (AvgIpc) is 2.37. The molecule has 0 radical (unpaired) electrons. The summed E-state index contributed by atoms with van der Waals surface area (Å²) >= 11 is 0. The molecule has 0 fully saturated rings. The Morgan fingerprint density at radius 1 is 1.25 bits per heavy atom. The molecule has 5 heteroatoms. The predicted octanol–water partition coefficient (Wildman–Crippen LogP) is 2.15. The monoisotopic (exact) mass is 297 g/mol. The Morgan fingerprint density at radius 3 is 2.20 bits per heavy atom. The summed E-state index contributed by atoms with van der Waals surface area (Å²) < 4.78 is 26.1. The van der Waals surface area contributed by atoms with Crippen LogP contribution in [0, 0.1) is 0 Å². The summed E-state index contributed by atoms with van der Waals surface area (Å²) in [6.45, 7) is 9.81. The van der Waals surface area contributed by atoms with Gasteiger partial charge in [-0.15, -0.1) is 6.58 Å². The van der Waals surface area contributed by atoms with Crippen LogP contribution in [0.2, 0.25) is 0 Å². The fraction of sp³-hybridized carbons (Fsp3) is 0.467. The van der Waals surface area contributed by atoms with Gasteiger partial charge in [0.1, 0.15) is 0 Å². The first-order chi connectivity index (χ1) is 9.23. The van der Waals surface area contributed by atoms with E-state index < -0.39 is 10.0 Å². The lowest BCUT2D eigenvalue weighted by Crippen LogP contribution is -2.33. The Bertz CT molecular complexity index is 541. The molecule has 4 nitrogen and oxygen atoms in total. The number of sulfonamides is 1. The molecule has 0 bridgehead atoms. The summed E-state index contributed by atoms with van der Waals surface area (Å²) in [4.78, 5) is 0.237. The molecule has 0 atom stereocenters. The quantitative estimate of drug-likeness (QED) is 0.819. The predicted molar refractivity (Wildman–Crippen MR) is 81.2 cm³/mol. The van der Waals surface area contributed by atoms with Gasteiger partial charge in [-0.25, -0.2) is 8.42 Å². The van der Waals surface area contributed by atoms with Crippen LogP contribution in [0.1, 0.15) is 26.3 Å². The Hall–Kier alpha value is -1.17. The molecule has 0 aliphatic carbocycles. The zero-order chi connectivity index (χ0) is 15.4. The molecule has 20 heavy (non-hydrogen) atoms. The maximum Gasteiger partial charge on any atom is 0.243 e. The third-order valence-corrected chi connectivity index (χ3v) is 4.92. The Kier molecular flexibility index (Phi) is 5.50. The second-order valence-corrected chi connectivity index (χ2v) is 7.59. The highest BCUT2D eigenvalue weighted by Gasteiger charge is 2.23. The van der Waals surface area contributed by atoms with E-state index in [4.69, 9.17) is 5.11 Å². The lowest BCUT2D eigenvalue weighted by Gasteiger charge is -2.22. The Morgan fingerprint density at radius 2 is 1.80 bits per heavy atom. The van der Waals surface area contributed by atoms with E-state index in [1.807, 2.05) is 12.1 Å². The molecule has 0 saturated carbocycles. The molecule has 0 aliphatic heterocycles. The molecule has 0 unspecified atom stereocenters. The lowest BCUT2D eigenvalue weighted by molar-refractivity contribution is 0.260. The van der Waals surface area contributed by atoms with Gasteiger partial charge in [-0.2, -0.15) is 4.31 Å². The van der Waals surface area contributed by atoms with E-state index in [-0.39, 0.29) is 30.0 Å². The summed E-state index contributed by atoms with van der Waals surface area (Å²) in [5.74, 6) is 0. The Labute approximate surface area is 121 Å². The van der Waals surface area contributed by atoms with Crippen molar-refractivity contribution in [3.63, 3.8) is 0 Å². The second kappa shape index (κ2) is 6.52. The van der Waals surface area contributed by atoms with Crippen LogP contribution in [0.4, 0.5) is 0 Å². The van der Waals surface area contributed by atoms with Gasteiger partial charge >= 0.3 is 0 Å². The van der Waals surface area contributed by atoms with Gasteiger partial charge in [0, 0.05) is 13.1 Å². The van der Waals surface area contributed by atoms with Crippen LogP contribution in [0.15, 0.2) is 41.8 Å². The topological polar surface area (TPSA) is 57.6 Å². The largest absolute Gasteiger partial charge is 0.395 e. The van der Waals surface area contributed by atoms with Crippen molar-refractivity contribution in [3.8, 4) is 0 Å². The van der Waals surface area contributed by atoms with Crippen LogP contribution in [0.25, 0.3) is 0 Å². The smallest absolute Gasteiger partial charge is 0.243 e. The van der Waals surface area contributed by atoms with E-state index in [2.05, 4.69) is 27.4 Å². The average molecular weight is 297 g/mol. The molecule has 1 rings (SSSR count). The maximum atomic E-state index is 12.4. The van der Waals surface area contributed by atoms with Crippen molar-refractivity contribution in [1.29, 1.82) is 0 Å². The molecule has 0 aliphatic rings. The van der Waals surface area contributed by atoms with Crippen molar-refractivity contribution >= 4 is 10.0 Å². The first-order valence-corrected chi connectivity index (χ1v) is 8.00. The van der Waals surface area contributed by atoms with Gasteiger partial charge in [0.15, 0.2) is 0 Å². The molecule has 112 valence electrons. The number of hydrogen-bond donors (Lipinski definition) is 1. The van der Waals surface area contributed by atoms with Gasteiger partial charge < -0.3 is 5.11 Å². The molecule has 1 N–H and O–H groups in total. The number of aliphatic hydroxyl groups excluding tert-OH is 1. The van der Waals surface area contributed by atoms with Crippen LogP contribution >= 0.6 is 0 Å². The second-order valence-electron chi connectivity index (χ2n) is 5.65. The molecule has 0 spiro atoms. The van der Waals surface area contributed by atoms with E-state index in [9.17, 15) is 8.42 Å². The highest BCUT2D eigenvalue weighted by Crippen LogP contribution is 2.24. The number of benzene rings is 1. The van der Waals surface area contributed by atoms with E-state index in [0.29, 0.717) is 0 Å². The zero-order valence-corrected chi connectivity index (χ0v) is 13.2. The molecule has 0 saturated heterocycles. The molecular formula is C15H23NO3S. The minimum Gasteiger partial charge on any atom is -0.395 e. The van der Waals surface area contributed by atoms with Crippen LogP contribution in [0.5, 0.6) is 0 Å². The lowest BCUT2D eigenvalue weighted by atomic mass is 9.87.